The maximum atomic E-state index is 12.2. The third-order valence-electron chi connectivity index (χ3n) is 2.38. The van der Waals surface area contributed by atoms with E-state index in [1.807, 2.05) is 20.8 Å². The summed E-state index contributed by atoms with van der Waals surface area (Å²) in [7, 11) is 0. The molecule has 8 heteroatoms. The second-order valence-corrected chi connectivity index (χ2v) is 9.53. The Bertz CT molecular complexity index is 502. The summed E-state index contributed by atoms with van der Waals surface area (Å²) in [4.78, 5) is 36.1. The monoisotopic (exact) mass is 383 g/mol. The van der Waals surface area contributed by atoms with Crippen LogP contribution < -0.4 is 5.32 Å². The lowest BCUT2D eigenvalue weighted by Gasteiger charge is -2.30. The molecule has 0 atom stereocenters. The first-order chi connectivity index (χ1) is 10.4. The Labute approximate surface area is 153 Å². The number of esters is 2. The van der Waals surface area contributed by atoms with Crippen LogP contribution in [-0.4, -0.2) is 38.9 Å². The predicted octanol–water partition coefficient (Wildman–Crippen LogP) is 3.13. The maximum Gasteiger partial charge on any atom is 0.355 e. The second kappa shape index (κ2) is 7.48. The lowest BCUT2D eigenvalue weighted by molar-refractivity contribution is -0.169. The van der Waals surface area contributed by atoms with Crippen LogP contribution in [0.3, 0.4) is 0 Å². The van der Waals surface area contributed by atoms with Gasteiger partial charge in [0.1, 0.15) is 11.2 Å². The fourth-order valence-corrected chi connectivity index (χ4v) is 1.78. The Kier molecular flexibility index (Phi) is 7.16. The fraction of sp³-hybridized carbons (Fsp3) is 0.812. The molecule has 0 spiro atoms. The summed E-state index contributed by atoms with van der Waals surface area (Å²) in [6.07, 6.45) is -0.117. The zero-order valence-corrected chi connectivity index (χ0v) is 17.0. The Morgan fingerprint density at radius 1 is 0.833 bits per heavy atom. The molecule has 0 unspecified atom stereocenters. The van der Waals surface area contributed by atoms with E-state index in [0.29, 0.717) is 0 Å². The summed E-state index contributed by atoms with van der Waals surface area (Å²) in [5.74, 6) is -2.63. The van der Waals surface area contributed by atoms with Gasteiger partial charge in [0.25, 0.3) is 0 Å². The number of amides is 1. The first kappa shape index (κ1) is 23.0. The first-order valence-electron chi connectivity index (χ1n) is 7.51. The number of ether oxygens (including phenoxy) is 2. The van der Waals surface area contributed by atoms with Crippen molar-refractivity contribution in [1.82, 2.24) is 5.32 Å². The predicted molar refractivity (Wildman–Crippen MR) is 93.0 cm³/mol. The number of nitrogens with one attached hydrogen (secondary N) is 1. The largest absolute Gasteiger partial charge is 0.457 e. The summed E-state index contributed by atoms with van der Waals surface area (Å²) in [6, 6.07) is 0. The van der Waals surface area contributed by atoms with Crippen molar-refractivity contribution in [3.05, 3.63) is 0 Å². The Balaban J connectivity index is 4.94. The molecule has 0 saturated carbocycles. The van der Waals surface area contributed by atoms with Gasteiger partial charge in [-0.1, -0.05) is 23.2 Å². The molecule has 0 bridgehead atoms. The van der Waals surface area contributed by atoms with Gasteiger partial charge >= 0.3 is 16.3 Å². The Hall–Kier alpha value is -1.01. The number of halogens is 2. The highest BCUT2D eigenvalue weighted by Crippen LogP contribution is 2.30. The van der Waals surface area contributed by atoms with E-state index < -0.39 is 33.0 Å². The van der Waals surface area contributed by atoms with Crippen molar-refractivity contribution >= 4 is 41.0 Å². The molecule has 1 N–H and O–H groups in total. The minimum absolute atomic E-state index is 0.117. The van der Waals surface area contributed by atoms with E-state index in [1.54, 1.807) is 20.8 Å². The SMILES string of the molecule is CC(C)(C)NC(=O)CC(C)(C)OC(=O)C(Cl)(Cl)C(=O)OC(C)(C)C. The molecular weight excluding hydrogens is 357 g/mol. The molecule has 0 fully saturated rings. The number of rotatable bonds is 5. The summed E-state index contributed by atoms with van der Waals surface area (Å²) in [5, 5.41) is 2.75. The zero-order chi connectivity index (χ0) is 19.6. The molecule has 0 rings (SSSR count). The minimum atomic E-state index is -2.51. The molecule has 0 aliphatic carbocycles. The molecule has 0 aliphatic heterocycles. The number of carbonyl (C=O) groups excluding carboxylic acids is 3. The number of hydrogen-bond acceptors (Lipinski definition) is 5. The van der Waals surface area contributed by atoms with Crippen molar-refractivity contribution < 1.29 is 23.9 Å². The van der Waals surface area contributed by atoms with Gasteiger partial charge in [-0.2, -0.15) is 0 Å². The van der Waals surface area contributed by atoms with Gasteiger partial charge in [-0.3, -0.25) is 4.79 Å². The van der Waals surface area contributed by atoms with Gasteiger partial charge in [0.05, 0.1) is 6.42 Å². The van der Waals surface area contributed by atoms with Gasteiger partial charge in [0.15, 0.2) is 0 Å². The van der Waals surface area contributed by atoms with Gasteiger partial charge in [0, 0.05) is 5.54 Å². The Morgan fingerprint density at radius 3 is 1.62 bits per heavy atom. The van der Waals surface area contributed by atoms with Crippen molar-refractivity contribution in [2.75, 3.05) is 0 Å². The molecule has 0 saturated heterocycles. The van der Waals surface area contributed by atoms with Crippen molar-refractivity contribution in [2.45, 2.75) is 82.9 Å². The molecule has 0 aromatic rings. The van der Waals surface area contributed by atoms with Crippen LogP contribution in [0.1, 0.15) is 61.8 Å². The van der Waals surface area contributed by atoms with E-state index >= 15 is 0 Å². The number of carbonyl (C=O) groups is 3. The van der Waals surface area contributed by atoms with Crippen LogP contribution in [0.5, 0.6) is 0 Å². The van der Waals surface area contributed by atoms with Gasteiger partial charge < -0.3 is 14.8 Å². The van der Waals surface area contributed by atoms with E-state index in [9.17, 15) is 14.4 Å². The van der Waals surface area contributed by atoms with E-state index in [4.69, 9.17) is 32.7 Å². The lowest BCUT2D eigenvalue weighted by atomic mass is 10.0. The molecule has 0 radical (unpaired) electrons. The minimum Gasteiger partial charge on any atom is -0.457 e. The fourth-order valence-electron chi connectivity index (χ4n) is 1.63. The van der Waals surface area contributed by atoms with Crippen LogP contribution in [0.2, 0.25) is 0 Å². The van der Waals surface area contributed by atoms with Gasteiger partial charge in [-0.05, 0) is 55.4 Å². The van der Waals surface area contributed by atoms with E-state index in [1.165, 1.54) is 13.8 Å². The second-order valence-electron chi connectivity index (χ2n) is 8.20. The molecule has 0 aromatic carbocycles. The normalized spacial score (nSPS) is 13.2. The molecule has 0 aliphatic rings. The lowest BCUT2D eigenvalue weighted by Crippen LogP contribution is -2.47. The molecule has 24 heavy (non-hydrogen) atoms. The summed E-state index contributed by atoms with van der Waals surface area (Å²) >= 11 is 11.6. The van der Waals surface area contributed by atoms with Crippen LogP contribution in [0, 0.1) is 0 Å². The van der Waals surface area contributed by atoms with Gasteiger partial charge in [-0.15, -0.1) is 0 Å². The van der Waals surface area contributed by atoms with Crippen LogP contribution in [0.4, 0.5) is 0 Å². The number of alkyl halides is 2. The number of hydrogen-bond donors (Lipinski definition) is 1. The highest BCUT2D eigenvalue weighted by atomic mass is 35.5. The van der Waals surface area contributed by atoms with Crippen molar-refractivity contribution in [3.8, 4) is 0 Å². The van der Waals surface area contributed by atoms with Gasteiger partial charge in [-0.25, -0.2) is 9.59 Å². The molecule has 6 nitrogen and oxygen atoms in total. The topological polar surface area (TPSA) is 81.7 Å². The molecule has 0 aromatic heterocycles. The Morgan fingerprint density at radius 2 is 1.25 bits per heavy atom. The van der Waals surface area contributed by atoms with Gasteiger partial charge in [0.2, 0.25) is 5.91 Å². The quantitative estimate of drug-likeness (QED) is 0.447. The summed E-state index contributed by atoms with van der Waals surface area (Å²) in [6.45, 7) is 13.4. The molecule has 0 heterocycles. The smallest absolute Gasteiger partial charge is 0.355 e. The first-order valence-corrected chi connectivity index (χ1v) is 8.27. The molecular formula is C16H27Cl2NO5. The van der Waals surface area contributed by atoms with Crippen molar-refractivity contribution in [1.29, 1.82) is 0 Å². The maximum absolute atomic E-state index is 12.2. The highest BCUT2D eigenvalue weighted by Gasteiger charge is 2.49. The van der Waals surface area contributed by atoms with Crippen LogP contribution >= 0.6 is 23.2 Å². The standard InChI is InChI=1S/C16H27Cl2NO5/c1-13(2,3)19-10(20)9-15(7,8)24-12(22)16(17,18)11(21)23-14(4,5)6/h9H2,1-8H3,(H,19,20). The van der Waals surface area contributed by atoms with E-state index in [-0.39, 0.29) is 12.3 Å². The van der Waals surface area contributed by atoms with Crippen LogP contribution in [0.15, 0.2) is 0 Å². The third-order valence-corrected chi connectivity index (χ3v) is 3.00. The average molecular weight is 384 g/mol. The van der Waals surface area contributed by atoms with Crippen molar-refractivity contribution in [2.24, 2.45) is 0 Å². The summed E-state index contributed by atoms with van der Waals surface area (Å²) < 4.78 is 7.65. The average Bonchev–Trinajstić information content (AvgIpc) is 2.21. The molecule has 1 amide bonds. The zero-order valence-electron chi connectivity index (χ0n) is 15.5. The van der Waals surface area contributed by atoms with Crippen LogP contribution in [-0.2, 0) is 23.9 Å². The van der Waals surface area contributed by atoms with E-state index in [2.05, 4.69) is 5.32 Å². The third kappa shape index (κ3) is 8.73. The van der Waals surface area contributed by atoms with Crippen molar-refractivity contribution in [3.63, 3.8) is 0 Å². The van der Waals surface area contributed by atoms with E-state index in [0.717, 1.165) is 0 Å². The highest BCUT2D eigenvalue weighted by molar-refractivity contribution is 6.66. The summed E-state index contributed by atoms with van der Waals surface area (Å²) in [5.41, 5.74) is -2.49. The van der Waals surface area contributed by atoms with Crippen LogP contribution in [0.25, 0.3) is 0 Å². The molecule has 140 valence electrons.